The van der Waals surface area contributed by atoms with Gasteiger partial charge in [0.2, 0.25) is 20.0 Å². The molecule has 7 nitrogen and oxygen atoms in total. The van der Waals surface area contributed by atoms with Gasteiger partial charge in [0.15, 0.2) is 0 Å². The maximum Gasteiger partial charge on any atom is 0.240 e. The van der Waals surface area contributed by atoms with E-state index in [4.69, 9.17) is 0 Å². The molecule has 1 aromatic carbocycles. The molecular weight excluding hydrogens is 408 g/mol. The van der Waals surface area contributed by atoms with Gasteiger partial charge in [-0.3, -0.25) is 4.31 Å². The van der Waals surface area contributed by atoms with E-state index in [1.165, 1.54) is 39.9 Å². The van der Waals surface area contributed by atoms with Crippen LogP contribution in [-0.2, 0) is 20.0 Å². The molecule has 10 heteroatoms. The first-order chi connectivity index (χ1) is 12.7. The first-order valence-electron chi connectivity index (χ1n) is 8.53. The molecule has 0 radical (unpaired) electrons. The number of nitrogens with zero attached hydrogens (tertiary/aromatic N) is 1. The predicted octanol–water partition coefficient (Wildman–Crippen LogP) is 2.00. The molecule has 1 saturated heterocycles. The van der Waals surface area contributed by atoms with E-state index in [-0.39, 0.29) is 17.2 Å². The Morgan fingerprint density at radius 2 is 1.93 bits per heavy atom. The van der Waals surface area contributed by atoms with Gasteiger partial charge < -0.3 is 5.11 Å². The quantitative estimate of drug-likeness (QED) is 0.729. The molecule has 1 aliphatic rings. The van der Waals surface area contributed by atoms with E-state index in [0.29, 0.717) is 18.7 Å². The Bertz CT molecular complexity index is 997. The van der Waals surface area contributed by atoms with Gasteiger partial charge in [-0.05, 0) is 61.0 Å². The standard InChI is InChI=1S/C17H22N2O5S3/c1-13-8-10-25-17(13)16(20)12-18-27(23,24)15-6-4-14(5-7-15)19-9-2-3-11-26(19,21)22/h4-8,10,16,18,20H,2-3,9,11-12H2,1H3/t16-/m1/s1. The fourth-order valence-corrected chi connectivity index (χ4v) is 6.55. The van der Waals surface area contributed by atoms with Crippen molar-refractivity contribution in [2.75, 3.05) is 23.1 Å². The second-order valence-corrected chi connectivity index (χ2v) is 11.2. The highest BCUT2D eigenvalue weighted by Gasteiger charge is 2.26. The van der Waals surface area contributed by atoms with Crippen molar-refractivity contribution in [3.63, 3.8) is 0 Å². The van der Waals surface area contributed by atoms with Crippen LogP contribution in [0.4, 0.5) is 5.69 Å². The molecule has 2 heterocycles. The van der Waals surface area contributed by atoms with Crippen LogP contribution in [0.2, 0.25) is 0 Å². The minimum absolute atomic E-state index is 0.0239. The van der Waals surface area contributed by atoms with Crippen molar-refractivity contribution in [3.8, 4) is 0 Å². The summed E-state index contributed by atoms with van der Waals surface area (Å²) in [5.41, 5.74) is 1.38. The summed E-state index contributed by atoms with van der Waals surface area (Å²) in [5, 5.41) is 12.0. The van der Waals surface area contributed by atoms with Crippen LogP contribution in [0, 0.1) is 6.92 Å². The van der Waals surface area contributed by atoms with Crippen LogP contribution in [0.1, 0.15) is 29.4 Å². The Morgan fingerprint density at radius 3 is 2.52 bits per heavy atom. The van der Waals surface area contributed by atoms with Crippen LogP contribution < -0.4 is 9.03 Å². The molecule has 2 aromatic rings. The van der Waals surface area contributed by atoms with E-state index in [0.717, 1.165) is 16.9 Å². The number of aryl methyl sites for hydroxylation is 1. The van der Waals surface area contributed by atoms with Crippen LogP contribution in [0.3, 0.4) is 0 Å². The van der Waals surface area contributed by atoms with E-state index in [1.54, 1.807) is 0 Å². The maximum absolute atomic E-state index is 12.5. The average Bonchev–Trinajstić information content (AvgIpc) is 3.06. The van der Waals surface area contributed by atoms with Crippen LogP contribution >= 0.6 is 11.3 Å². The summed E-state index contributed by atoms with van der Waals surface area (Å²) in [6.45, 7) is 2.13. The van der Waals surface area contributed by atoms with Gasteiger partial charge in [-0.25, -0.2) is 21.6 Å². The lowest BCUT2D eigenvalue weighted by molar-refractivity contribution is 0.185. The zero-order chi connectivity index (χ0) is 19.7. The van der Waals surface area contributed by atoms with Gasteiger partial charge in [0, 0.05) is 18.0 Å². The molecule has 0 amide bonds. The Labute approximate surface area is 163 Å². The topological polar surface area (TPSA) is 104 Å². The number of sulfonamides is 2. The van der Waals surface area contributed by atoms with Crippen molar-refractivity contribution in [2.24, 2.45) is 0 Å². The normalized spacial score (nSPS) is 18.4. The number of aliphatic hydroxyl groups excluding tert-OH is 1. The fourth-order valence-electron chi connectivity index (χ4n) is 2.96. The summed E-state index contributed by atoms with van der Waals surface area (Å²) in [6, 6.07) is 7.62. The lowest BCUT2D eigenvalue weighted by atomic mass is 10.2. The van der Waals surface area contributed by atoms with Crippen molar-refractivity contribution < 1.29 is 21.9 Å². The van der Waals surface area contributed by atoms with E-state index in [2.05, 4.69) is 4.72 Å². The molecule has 0 bridgehead atoms. The van der Waals surface area contributed by atoms with Crippen LogP contribution in [0.25, 0.3) is 0 Å². The number of hydrogen-bond acceptors (Lipinski definition) is 6. The molecule has 1 aromatic heterocycles. The van der Waals surface area contributed by atoms with Gasteiger partial charge in [0.25, 0.3) is 0 Å². The molecule has 1 fully saturated rings. The zero-order valence-electron chi connectivity index (χ0n) is 14.8. The molecule has 3 rings (SSSR count). The summed E-state index contributed by atoms with van der Waals surface area (Å²) in [4.78, 5) is 0.749. The summed E-state index contributed by atoms with van der Waals surface area (Å²) in [5.74, 6) is 0.106. The van der Waals surface area contributed by atoms with Crippen molar-refractivity contribution >= 4 is 37.1 Å². The number of aliphatic hydroxyl groups is 1. The third-order valence-electron chi connectivity index (χ3n) is 4.46. The fraction of sp³-hybridized carbons (Fsp3) is 0.412. The lowest BCUT2D eigenvalue weighted by Crippen LogP contribution is -2.37. The van der Waals surface area contributed by atoms with Crippen LogP contribution in [0.15, 0.2) is 40.6 Å². The minimum atomic E-state index is -3.81. The summed E-state index contributed by atoms with van der Waals surface area (Å²) < 4.78 is 52.9. The van der Waals surface area contributed by atoms with Crippen molar-refractivity contribution in [2.45, 2.75) is 30.8 Å². The third kappa shape index (κ3) is 4.52. The second-order valence-electron chi connectivity index (χ2n) is 6.42. The van der Waals surface area contributed by atoms with Crippen molar-refractivity contribution in [3.05, 3.63) is 46.2 Å². The number of rotatable bonds is 6. The SMILES string of the molecule is Cc1ccsc1[C@H](O)CNS(=O)(=O)c1ccc(N2CCCCS2(=O)=O)cc1. The largest absolute Gasteiger partial charge is 0.386 e. The zero-order valence-corrected chi connectivity index (χ0v) is 17.3. The second kappa shape index (κ2) is 7.88. The smallest absolute Gasteiger partial charge is 0.240 e. The van der Waals surface area contributed by atoms with E-state index in [9.17, 15) is 21.9 Å². The molecule has 0 aliphatic carbocycles. The number of anilines is 1. The molecule has 1 atom stereocenters. The number of thiophene rings is 1. The molecule has 0 saturated carbocycles. The molecular formula is C17H22N2O5S3. The first kappa shape index (κ1) is 20.3. The molecule has 148 valence electrons. The third-order valence-corrected chi connectivity index (χ3v) is 8.88. The van der Waals surface area contributed by atoms with Gasteiger partial charge >= 0.3 is 0 Å². The summed E-state index contributed by atoms with van der Waals surface area (Å²) in [7, 11) is -7.15. The van der Waals surface area contributed by atoms with Gasteiger partial charge in [-0.1, -0.05) is 0 Å². The Balaban J connectivity index is 1.71. The highest BCUT2D eigenvalue weighted by molar-refractivity contribution is 7.92. The lowest BCUT2D eigenvalue weighted by Gasteiger charge is -2.28. The van der Waals surface area contributed by atoms with Gasteiger partial charge in [0.05, 0.1) is 16.3 Å². The molecule has 2 N–H and O–H groups in total. The summed E-state index contributed by atoms with van der Waals surface area (Å²) in [6.07, 6.45) is 0.500. The highest BCUT2D eigenvalue weighted by Crippen LogP contribution is 2.26. The van der Waals surface area contributed by atoms with Gasteiger partial charge in [-0.2, -0.15) is 0 Å². The molecule has 0 unspecified atom stereocenters. The number of benzene rings is 1. The van der Waals surface area contributed by atoms with Crippen molar-refractivity contribution in [1.82, 2.24) is 4.72 Å². The average molecular weight is 431 g/mol. The Hall–Kier alpha value is -1.46. The first-order valence-corrected chi connectivity index (χ1v) is 12.5. The molecule has 1 aliphatic heterocycles. The monoisotopic (exact) mass is 430 g/mol. The maximum atomic E-state index is 12.5. The summed E-state index contributed by atoms with van der Waals surface area (Å²) >= 11 is 1.37. The number of hydrogen-bond donors (Lipinski definition) is 2. The minimum Gasteiger partial charge on any atom is -0.386 e. The van der Waals surface area contributed by atoms with E-state index < -0.39 is 26.2 Å². The van der Waals surface area contributed by atoms with Crippen LogP contribution in [-0.4, -0.2) is 40.8 Å². The highest BCUT2D eigenvalue weighted by atomic mass is 32.2. The van der Waals surface area contributed by atoms with Crippen molar-refractivity contribution in [1.29, 1.82) is 0 Å². The van der Waals surface area contributed by atoms with Crippen LogP contribution in [0.5, 0.6) is 0 Å². The molecule has 27 heavy (non-hydrogen) atoms. The number of nitrogens with one attached hydrogen (secondary N) is 1. The van der Waals surface area contributed by atoms with Gasteiger partial charge in [0.1, 0.15) is 6.10 Å². The Kier molecular flexibility index (Phi) is 5.92. The Morgan fingerprint density at radius 1 is 1.22 bits per heavy atom. The van der Waals surface area contributed by atoms with E-state index in [1.807, 2.05) is 18.4 Å². The predicted molar refractivity (Wildman–Crippen MR) is 106 cm³/mol. The molecule has 0 spiro atoms. The van der Waals surface area contributed by atoms with Gasteiger partial charge in [-0.15, -0.1) is 11.3 Å². The van der Waals surface area contributed by atoms with E-state index >= 15 is 0 Å².